The van der Waals surface area contributed by atoms with E-state index in [1.807, 2.05) is 54.6 Å². The third-order valence-electron chi connectivity index (χ3n) is 3.89. The van der Waals surface area contributed by atoms with Crippen LogP contribution in [0.1, 0.15) is 0 Å². The average molecular weight is 285 g/mol. The molecule has 2 aromatic carbocycles. The van der Waals surface area contributed by atoms with E-state index in [1.165, 1.54) is 0 Å². The number of benzene rings is 2. The highest BCUT2D eigenvalue weighted by atomic mass is 16.4. The van der Waals surface area contributed by atoms with Crippen LogP contribution in [0.5, 0.6) is 0 Å². The molecule has 0 bridgehead atoms. The molecule has 0 saturated heterocycles. The summed E-state index contributed by atoms with van der Waals surface area (Å²) in [5.74, 6) is 0.620. The third-order valence-corrected chi connectivity index (χ3v) is 3.89. The molecule has 104 valence electrons. The van der Waals surface area contributed by atoms with Crippen molar-refractivity contribution in [2.45, 2.75) is 0 Å². The molecule has 5 aromatic rings. The van der Waals surface area contributed by atoms with Gasteiger partial charge in [0.2, 0.25) is 0 Å². The molecule has 0 atom stereocenters. The van der Waals surface area contributed by atoms with Gasteiger partial charge in [0.1, 0.15) is 0 Å². The molecule has 4 heteroatoms. The lowest BCUT2D eigenvalue weighted by atomic mass is 10.1. The summed E-state index contributed by atoms with van der Waals surface area (Å²) in [6.45, 7) is 0. The van der Waals surface area contributed by atoms with Crippen molar-refractivity contribution in [2.75, 3.05) is 0 Å². The summed E-state index contributed by atoms with van der Waals surface area (Å²) in [6, 6.07) is 20.0. The van der Waals surface area contributed by atoms with Crippen molar-refractivity contribution < 1.29 is 4.42 Å². The van der Waals surface area contributed by atoms with Crippen LogP contribution in [-0.2, 0) is 0 Å². The number of rotatable bonds is 1. The van der Waals surface area contributed by atoms with Gasteiger partial charge in [-0.05, 0) is 36.4 Å². The van der Waals surface area contributed by atoms with Crippen molar-refractivity contribution in [1.29, 1.82) is 0 Å². The van der Waals surface area contributed by atoms with Gasteiger partial charge in [0, 0.05) is 11.8 Å². The van der Waals surface area contributed by atoms with Crippen molar-refractivity contribution in [2.24, 2.45) is 0 Å². The van der Waals surface area contributed by atoms with Crippen LogP contribution in [0.15, 0.2) is 71.3 Å². The van der Waals surface area contributed by atoms with Gasteiger partial charge >= 0.3 is 5.84 Å². The first-order valence-electron chi connectivity index (χ1n) is 7.11. The number of aromatic nitrogens is 3. The van der Waals surface area contributed by atoms with Crippen LogP contribution in [0.2, 0.25) is 0 Å². The Morgan fingerprint density at radius 2 is 1.77 bits per heavy atom. The summed E-state index contributed by atoms with van der Waals surface area (Å²) in [6.07, 6.45) is 1.80. The van der Waals surface area contributed by atoms with Crippen LogP contribution in [0.4, 0.5) is 0 Å². The first-order valence-corrected chi connectivity index (χ1v) is 7.11. The molecule has 0 radical (unpaired) electrons. The zero-order chi connectivity index (χ0) is 14.5. The van der Waals surface area contributed by atoms with E-state index in [2.05, 4.69) is 20.4 Å². The summed E-state index contributed by atoms with van der Waals surface area (Å²) < 4.78 is 7.87. The minimum absolute atomic E-state index is 0.620. The molecule has 5 rings (SSSR count). The maximum atomic E-state index is 5.82. The lowest BCUT2D eigenvalue weighted by Gasteiger charge is -2.00. The van der Waals surface area contributed by atoms with E-state index < -0.39 is 0 Å². The maximum Gasteiger partial charge on any atom is 0.307 e. The van der Waals surface area contributed by atoms with Crippen molar-refractivity contribution >= 4 is 28.0 Å². The van der Waals surface area contributed by atoms with E-state index in [0.29, 0.717) is 5.84 Å². The van der Waals surface area contributed by atoms with Gasteiger partial charge in [-0.25, -0.2) is 0 Å². The highest BCUT2D eigenvalue weighted by Gasteiger charge is 2.13. The molecule has 3 heterocycles. The number of fused-ring (bicyclic) bond motifs is 5. The normalized spacial score (nSPS) is 11.6. The molecule has 0 fully saturated rings. The highest BCUT2D eigenvalue weighted by molar-refractivity contribution is 5.90. The quantitative estimate of drug-likeness (QED) is 0.461. The summed E-state index contributed by atoms with van der Waals surface area (Å²) in [5, 5.41) is 0. The number of pyridine rings is 1. The molecule has 0 amide bonds. The van der Waals surface area contributed by atoms with Crippen LogP contribution in [0.3, 0.4) is 0 Å². The predicted octanol–water partition coefficient (Wildman–Crippen LogP) is 4.30. The third kappa shape index (κ3) is 1.52. The van der Waals surface area contributed by atoms with Gasteiger partial charge in [0.15, 0.2) is 5.58 Å². The van der Waals surface area contributed by atoms with Crippen molar-refractivity contribution in [3.8, 4) is 11.3 Å². The molecule has 22 heavy (non-hydrogen) atoms. The molecule has 0 aliphatic heterocycles. The van der Waals surface area contributed by atoms with E-state index in [4.69, 9.17) is 4.42 Å². The van der Waals surface area contributed by atoms with E-state index in [1.54, 1.807) is 6.20 Å². The number of para-hydroxylation sites is 2. The molecule has 0 aliphatic rings. The Bertz CT molecular complexity index is 1120. The zero-order valence-electron chi connectivity index (χ0n) is 11.6. The first-order chi connectivity index (χ1) is 10.9. The van der Waals surface area contributed by atoms with Crippen molar-refractivity contribution in [3.05, 3.63) is 66.9 Å². The summed E-state index contributed by atoms with van der Waals surface area (Å²) in [4.78, 5) is 8.98. The molecule has 0 unspecified atom stereocenters. The topological polar surface area (TPSA) is 43.3 Å². The number of hydrogen-bond acceptors (Lipinski definition) is 3. The maximum absolute atomic E-state index is 5.82. The van der Waals surface area contributed by atoms with Crippen LogP contribution in [-0.4, -0.2) is 14.4 Å². The van der Waals surface area contributed by atoms with Gasteiger partial charge in [-0.1, -0.05) is 24.3 Å². The van der Waals surface area contributed by atoms with Gasteiger partial charge in [-0.15, -0.1) is 0 Å². The average Bonchev–Trinajstić information content (AvgIpc) is 3.10. The highest BCUT2D eigenvalue weighted by Crippen LogP contribution is 2.28. The Kier molecular flexibility index (Phi) is 2.19. The van der Waals surface area contributed by atoms with E-state index in [9.17, 15) is 0 Å². The molecule has 0 N–H and O–H groups in total. The van der Waals surface area contributed by atoms with Crippen LogP contribution >= 0.6 is 0 Å². The number of nitrogens with zero attached hydrogens (tertiary/aromatic N) is 3. The zero-order valence-corrected chi connectivity index (χ0v) is 11.6. The van der Waals surface area contributed by atoms with Gasteiger partial charge in [0.05, 0.1) is 22.2 Å². The van der Waals surface area contributed by atoms with Crippen LogP contribution in [0.25, 0.3) is 39.2 Å². The van der Waals surface area contributed by atoms with E-state index >= 15 is 0 Å². The number of imidazole rings is 1. The van der Waals surface area contributed by atoms with Crippen molar-refractivity contribution in [3.63, 3.8) is 0 Å². The minimum atomic E-state index is 0.620. The summed E-state index contributed by atoms with van der Waals surface area (Å²) in [7, 11) is 0. The summed E-state index contributed by atoms with van der Waals surface area (Å²) in [5.41, 5.74) is 5.84. The Morgan fingerprint density at radius 3 is 2.68 bits per heavy atom. The molecular formula is C18H11N3O. The molecule has 3 aromatic heterocycles. The fourth-order valence-electron chi connectivity index (χ4n) is 2.87. The number of hydrogen-bond donors (Lipinski definition) is 0. The van der Waals surface area contributed by atoms with Gasteiger partial charge in [-0.2, -0.15) is 4.98 Å². The fraction of sp³-hybridized carbons (Fsp3) is 0. The number of oxazole rings is 1. The first kappa shape index (κ1) is 11.5. The molecule has 0 aliphatic carbocycles. The molecule has 0 spiro atoms. The second-order valence-electron chi connectivity index (χ2n) is 5.22. The fourth-order valence-corrected chi connectivity index (χ4v) is 2.87. The smallest absolute Gasteiger partial charge is 0.307 e. The minimum Gasteiger partial charge on any atom is -0.423 e. The Morgan fingerprint density at radius 1 is 0.864 bits per heavy atom. The second-order valence-corrected chi connectivity index (χ2v) is 5.22. The van der Waals surface area contributed by atoms with Gasteiger partial charge < -0.3 is 4.42 Å². The monoisotopic (exact) mass is 285 g/mol. The van der Waals surface area contributed by atoms with Crippen molar-refractivity contribution in [1.82, 2.24) is 14.4 Å². The second kappa shape index (κ2) is 4.18. The molecule has 0 saturated carbocycles. The molecule has 4 nitrogen and oxygen atoms in total. The summed E-state index contributed by atoms with van der Waals surface area (Å²) >= 11 is 0. The Labute approximate surface area is 125 Å². The van der Waals surface area contributed by atoms with Crippen LogP contribution < -0.4 is 0 Å². The van der Waals surface area contributed by atoms with E-state index in [0.717, 1.165) is 33.4 Å². The van der Waals surface area contributed by atoms with E-state index in [-0.39, 0.29) is 0 Å². The lowest BCUT2D eigenvalue weighted by Crippen LogP contribution is -1.84. The predicted molar refractivity (Wildman–Crippen MR) is 85.7 cm³/mol. The van der Waals surface area contributed by atoms with Gasteiger partial charge in [-0.3, -0.25) is 9.38 Å². The standard InChI is InChI=1S/C18H11N3O/c1-2-7-17-15(6-1)21-16-11-12(13-5-3-4-10-19-13)8-9-14(16)20-18(21)22-17/h1-11H. The SMILES string of the molecule is c1ccc(-c2ccc3nc4oc5ccccc5n4c3c2)nc1. The Hall–Kier alpha value is -3.14. The Balaban J connectivity index is 1.88. The van der Waals surface area contributed by atoms with Gasteiger partial charge in [0.25, 0.3) is 0 Å². The lowest BCUT2D eigenvalue weighted by molar-refractivity contribution is 0.643. The largest absolute Gasteiger partial charge is 0.423 e. The molecular weight excluding hydrogens is 274 g/mol. The van der Waals surface area contributed by atoms with Crippen LogP contribution in [0, 0.1) is 0 Å².